The summed E-state index contributed by atoms with van der Waals surface area (Å²) in [5, 5.41) is 3.02. The molecule has 1 N–H and O–H groups in total. The fraction of sp³-hybridized carbons (Fsp3) is 0.185. The number of rotatable bonds is 9. The Kier molecular flexibility index (Phi) is 7.22. The number of hydrogen-bond acceptors (Lipinski definition) is 4. The Morgan fingerprint density at radius 2 is 1.76 bits per heavy atom. The van der Waals surface area contributed by atoms with Crippen LogP contribution in [0.2, 0.25) is 0 Å². The molecule has 34 heavy (non-hydrogen) atoms. The molecule has 0 aliphatic heterocycles. The molecule has 0 aliphatic rings. The first-order chi connectivity index (χ1) is 16.6. The van der Waals surface area contributed by atoms with Crippen LogP contribution in [0.25, 0.3) is 11.3 Å². The van der Waals surface area contributed by atoms with Crippen LogP contribution in [0, 0.1) is 5.82 Å². The van der Waals surface area contributed by atoms with E-state index in [1.165, 1.54) is 12.1 Å². The third kappa shape index (κ3) is 5.43. The molecule has 1 amide bonds. The minimum Gasteiger partial charge on any atom is -0.497 e. The molecule has 174 valence electrons. The monoisotopic (exact) mass is 459 g/mol. The van der Waals surface area contributed by atoms with E-state index in [0.717, 1.165) is 16.7 Å². The fourth-order valence-electron chi connectivity index (χ4n) is 3.75. The zero-order valence-corrected chi connectivity index (χ0v) is 19.1. The number of halogens is 1. The number of carbonyl (C=O) groups excluding carboxylic acids is 1. The average Bonchev–Trinajstić information content (AvgIpc) is 3.25. The topological polar surface area (TPSA) is 65.4 Å². The highest BCUT2D eigenvalue weighted by atomic mass is 19.1. The van der Waals surface area contributed by atoms with Crippen LogP contribution in [0.1, 0.15) is 17.5 Å². The number of carbonyl (C=O) groups is 1. The van der Waals surface area contributed by atoms with Gasteiger partial charge >= 0.3 is 0 Å². The number of ether oxygens (including phenoxy) is 2. The maximum Gasteiger partial charge on any atom is 0.225 e. The molecule has 0 radical (unpaired) electrons. The predicted molar refractivity (Wildman–Crippen MR) is 130 cm³/mol. The Morgan fingerprint density at radius 3 is 2.47 bits per heavy atom. The van der Waals surface area contributed by atoms with E-state index in [1.54, 1.807) is 32.7 Å². The fourth-order valence-corrected chi connectivity index (χ4v) is 3.75. The van der Waals surface area contributed by atoms with Gasteiger partial charge in [0.05, 0.1) is 27.1 Å². The smallest absolute Gasteiger partial charge is 0.225 e. The van der Waals surface area contributed by atoms with E-state index in [2.05, 4.69) is 10.3 Å². The molecule has 0 saturated carbocycles. The van der Waals surface area contributed by atoms with E-state index in [-0.39, 0.29) is 18.1 Å². The van der Waals surface area contributed by atoms with Crippen LogP contribution in [-0.4, -0.2) is 29.7 Å². The van der Waals surface area contributed by atoms with Gasteiger partial charge in [-0.2, -0.15) is 0 Å². The van der Waals surface area contributed by atoms with Crippen LogP contribution in [0.15, 0.2) is 79.1 Å². The summed E-state index contributed by atoms with van der Waals surface area (Å²) in [5.74, 6) is 1.48. The summed E-state index contributed by atoms with van der Waals surface area (Å²) in [6.45, 7) is 0.536. The van der Waals surface area contributed by atoms with E-state index >= 15 is 0 Å². The number of aryl methyl sites for hydroxylation is 1. The second-order valence-corrected chi connectivity index (χ2v) is 7.79. The Balaban J connectivity index is 1.57. The molecule has 0 unspecified atom stereocenters. The summed E-state index contributed by atoms with van der Waals surface area (Å²) < 4.78 is 26.1. The van der Waals surface area contributed by atoms with Gasteiger partial charge in [0.2, 0.25) is 5.91 Å². The van der Waals surface area contributed by atoms with Gasteiger partial charge in [-0.15, -0.1) is 0 Å². The van der Waals surface area contributed by atoms with Crippen LogP contribution in [0.5, 0.6) is 11.5 Å². The van der Waals surface area contributed by atoms with Crippen molar-refractivity contribution >= 4 is 11.7 Å². The molecule has 4 aromatic rings. The molecule has 4 rings (SSSR count). The van der Waals surface area contributed by atoms with Crippen molar-refractivity contribution in [2.45, 2.75) is 19.4 Å². The van der Waals surface area contributed by atoms with Crippen molar-refractivity contribution in [3.63, 3.8) is 0 Å². The molecule has 1 aromatic heterocycles. The van der Waals surface area contributed by atoms with Crippen molar-refractivity contribution in [3.05, 3.63) is 96.1 Å². The summed E-state index contributed by atoms with van der Waals surface area (Å²) in [7, 11) is 3.20. The largest absolute Gasteiger partial charge is 0.497 e. The standard InChI is InChI=1S/C27H26FN3O3/c1-33-23-13-14-24(34-2)21(16-23)10-15-25(32)30-27-26(20-8-11-22(28)12-9-20)29-18-31(27)17-19-6-4-3-5-7-19/h3-9,11-14,16,18H,10,15,17H2,1-2H3,(H,30,32). The lowest BCUT2D eigenvalue weighted by atomic mass is 10.1. The highest BCUT2D eigenvalue weighted by molar-refractivity contribution is 5.93. The van der Waals surface area contributed by atoms with Gasteiger partial charge < -0.3 is 19.4 Å². The Hall–Kier alpha value is -4.13. The highest BCUT2D eigenvalue weighted by Gasteiger charge is 2.17. The first-order valence-electron chi connectivity index (χ1n) is 10.9. The van der Waals surface area contributed by atoms with Gasteiger partial charge in [0, 0.05) is 12.0 Å². The Bertz CT molecular complexity index is 1250. The van der Waals surface area contributed by atoms with Crippen LogP contribution < -0.4 is 14.8 Å². The van der Waals surface area contributed by atoms with Crippen LogP contribution >= 0.6 is 0 Å². The second-order valence-electron chi connectivity index (χ2n) is 7.79. The third-order valence-corrected chi connectivity index (χ3v) is 5.52. The van der Waals surface area contributed by atoms with E-state index < -0.39 is 0 Å². The van der Waals surface area contributed by atoms with Gasteiger partial charge in [-0.05, 0) is 60.0 Å². The number of methoxy groups -OCH3 is 2. The van der Waals surface area contributed by atoms with E-state index in [1.807, 2.05) is 53.1 Å². The maximum atomic E-state index is 13.5. The van der Waals surface area contributed by atoms with Gasteiger partial charge in [-0.1, -0.05) is 30.3 Å². The number of anilines is 1. The quantitative estimate of drug-likeness (QED) is 0.368. The van der Waals surface area contributed by atoms with Gasteiger partial charge in [0.15, 0.2) is 0 Å². The summed E-state index contributed by atoms with van der Waals surface area (Å²) in [6, 6.07) is 21.5. The first kappa shape index (κ1) is 23.0. The van der Waals surface area contributed by atoms with Crippen molar-refractivity contribution in [2.75, 3.05) is 19.5 Å². The normalized spacial score (nSPS) is 10.7. The summed E-state index contributed by atoms with van der Waals surface area (Å²) in [5.41, 5.74) is 3.26. The van der Waals surface area contributed by atoms with E-state index in [9.17, 15) is 9.18 Å². The summed E-state index contributed by atoms with van der Waals surface area (Å²) in [6.07, 6.45) is 2.40. The van der Waals surface area contributed by atoms with Gasteiger partial charge in [-0.3, -0.25) is 4.79 Å². The molecule has 0 fully saturated rings. The molecule has 7 heteroatoms. The first-order valence-corrected chi connectivity index (χ1v) is 10.9. The second kappa shape index (κ2) is 10.7. The molecule has 0 bridgehead atoms. The van der Waals surface area contributed by atoms with Gasteiger partial charge in [0.1, 0.15) is 28.8 Å². The van der Waals surface area contributed by atoms with E-state index in [4.69, 9.17) is 9.47 Å². The SMILES string of the molecule is COc1ccc(OC)c(CCC(=O)Nc2c(-c3ccc(F)cc3)ncn2Cc2ccccc2)c1. The van der Waals surface area contributed by atoms with Crippen LogP contribution in [0.4, 0.5) is 10.2 Å². The van der Waals surface area contributed by atoms with Crippen molar-refractivity contribution in [3.8, 4) is 22.8 Å². The molecular formula is C27H26FN3O3. The van der Waals surface area contributed by atoms with Crippen molar-refractivity contribution in [2.24, 2.45) is 0 Å². The minimum atomic E-state index is -0.328. The van der Waals surface area contributed by atoms with Crippen LogP contribution in [-0.2, 0) is 17.8 Å². The summed E-state index contributed by atoms with van der Waals surface area (Å²) >= 11 is 0. The average molecular weight is 460 g/mol. The van der Waals surface area contributed by atoms with Crippen LogP contribution in [0.3, 0.4) is 0 Å². The zero-order valence-electron chi connectivity index (χ0n) is 19.1. The van der Waals surface area contributed by atoms with E-state index in [0.29, 0.717) is 36.0 Å². The Morgan fingerprint density at radius 1 is 1.00 bits per heavy atom. The molecular weight excluding hydrogens is 433 g/mol. The number of nitrogens with zero attached hydrogens (tertiary/aromatic N) is 2. The third-order valence-electron chi connectivity index (χ3n) is 5.52. The number of hydrogen-bond donors (Lipinski definition) is 1. The Labute approximate surface area is 198 Å². The summed E-state index contributed by atoms with van der Waals surface area (Å²) in [4.78, 5) is 17.5. The molecule has 0 saturated heterocycles. The molecule has 6 nitrogen and oxygen atoms in total. The number of aromatic nitrogens is 2. The number of benzene rings is 3. The molecule has 0 aliphatic carbocycles. The van der Waals surface area contributed by atoms with Gasteiger partial charge in [0.25, 0.3) is 0 Å². The van der Waals surface area contributed by atoms with Gasteiger partial charge in [-0.25, -0.2) is 9.37 Å². The number of imidazole rings is 1. The molecule has 0 spiro atoms. The van der Waals surface area contributed by atoms with Crippen molar-refractivity contribution in [1.29, 1.82) is 0 Å². The molecule has 3 aromatic carbocycles. The van der Waals surface area contributed by atoms with Crippen molar-refractivity contribution < 1.29 is 18.7 Å². The minimum absolute atomic E-state index is 0.164. The maximum absolute atomic E-state index is 13.5. The lowest BCUT2D eigenvalue weighted by Gasteiger charge is -2.13. The predicted octanol–water partition coefficient (Wildman–Crippen LogP) is 5.33. The zero-order chi connectivity index (χ0) is 23.9. The molecule has 1 heterocycles. The number of nitrogens with one attached hydrogen (secondary N) is 1. The lowest BCUT2D eigenvalue weighted by Crippen LogP contribution is -2.16. The molecule has 0 atom stereocenters. The highest BCUT2D eigenvalue weighted by Crippen LogP contribution is 2.29. The van der Waals surface area contributed by atoms with Crippen molar-refractivity contribution in [1.82, 2.24) is 9.55 Å². The number of amides is 1. The lowest BCUT2D eigenvalue weighted by molar-refractivity contribution is -0.116.